The van der Waals surface area contributed by atoms with Crippen molar-refractivity contribution in [2.45, 2.75) is 18.8 Å². The van der Waals surface area contributed by atoms with Gasteiger partial charge in [0, 0.05) is 36.3 Å². The molecular formula is C18H17N3O2. The van der Waals surface area contributed by atoms with E-state index in [1.807, 2.05) is 35.2 Å². The van der Waals surface area contributed by atoms with Crippen LogP contribution in [0.5, 0.6) is 0 Å². The van der Waals surface area contributed by atoms with Crippen LogP contribution >= 0.6 is 0 Å². The van der Waals surface area contributed by atoms with Gasteiger partial charge in [-0.25, -0.2) is 9.97 Å². The minimum Gasteiger partial charge on any atom is -0.463 e. The van der Waals surface area contributed by atoms with Crippen molar-refractivity contribution < 1.29 is 9.21 Å². The Hall–Kier alpha value is -2.69. The van der Waals surface area contributed by atoms with E-state index in [0.717, 1.165) is 42.6 Å². The molecule has 1 saturated heterocycles. The number of benzene rings is 1. The molecule has 0 atom stereocenters. The van der Waals surface area contributed by atoms with Crippen LogP contribution in [0.15, 0.2) is 53.5 Å². The van der Waals surface area contributed by atoms with Crippen molar-refractivity contribution in [1.29, 1.82) is 0 Å². The van der Waals surface area contributed by atoms with Crippen LogP contribution in [-0.4, -0.2) is 33.9 Å². The molecule has 0 bridgehead atoms. The van der Waals surface area contributed by atoms with Gasteiger partial charge in [0.05, 0.1) is 5.56 Å². The van der Waals surface area contributed by atoms with E-state index in [0.29, 0.717) is 11.5 Å². The molecule has 0 unspecified atom stereocenters. The minimum atomic E-state index is 0.0519. The van der Waals surface area contributed by atoms with Gasteiger partial charge >= 0.3 is 0 Å². The zero-order valence-electron chi connectivity index (χ0n) is 12.7. The highest BCUT2D eigenvalue weighted by Crippen LogP contribution is 2.28. The van der Waals surface area contributed by atoms with Crippen molar-refractivity contribution in [3.63, 3.8) is 0 Å². The summed E-state index contributed by atoms with van der Waals surface area (Å²) in [5, 5.41) is 0.885. The largest absolute Gasteiger partial charge is 0.463 e. The molecular weight excluding hydrogens is 290 g/mol. The van der Waals surface area contributed by atoms with Crippen molar-refractivity contribution in [3.8, 4) is 0 Å². The Morgan fingerprint density at radius 2 is 2.00 bits per heavy atom. The predicted molar refractivity (Wildman–Crippen MR) is 86.1 cm³/mol. The molecule has 1 aromatic carbocycles. The first kappa shape index (κ1) is 13.9. The molecule has 0 spiro atoms. The number of nitrogens with zero attached hydrogens (tertiary/aromatic N) is 3. The van der Waals surface area contributed by atoms with E-state index in [1.54, 1.807) is 18.8 Å². The van der Waals surface area contributed by atoms with E-state index in [9.17, 15) is 4.79 Å². The summed E-state index contributed by atoms with van der Waals surface area (Å²) in [6.45, 7) is 1.49. The average molecular weight is 307 g/mol. The topological polar surface area (TPSA) is 59.2 Å². The van der Waals surface area contributed by atoms with Gasteiger partial charge in [0.15, 0.2) is 0 Å². The monoisotopic (exact) mass is 307 g/mol. The van der Waals surface area contributed by atoms with Gasteiger partial charge in [0.1, 0.15) is 18.2 Å². The summed E-state index contributed by atoms with van der Waals surface area (Å²) >= 11 is 0. The zero-order chi connectivity index (χ0) is 15.6. The molecule has 2 aromatic heterocycles. The van der Waals surface area contributed by atoms with Crippen LogP contribution in [0.1, 0.15) is 34.8 Å². The minimum absolute atomic E-state index is 0.0519. The quantitative estimate of drug-likeness (QED) is 0.729. The third-order valence-corrected chi connectivity index (χ3v) is 4.52. The fraction of sp³-hybridized carbons (Fsp3) is 0.278. The maximum absolute atomic E-state index is 12.8. The summed E-state index contributed by atoms with van der Waals surface area (Å²) in [7, 11) is 0. The second-order valence-corrected chi connectivity index (χ2v) is 5.85. The molecule has 1 fully saturated rings. The number of furan rings is 1. The van der Waals surface area contributed by atoms with E-state index in [-0.39, 0.29) is 5.91 Å². The molecule has 1 aliphatic rings. The lowest BCUT2D eigenvalue weighted by molar-refractivity contribution is 0.0713. The number of hydrogen-bond acceptors (Lipinski definition) is 4. The highest BCUT2D eigenvalue weighted by molar-refractivity contribution is 6.05. The zero-order valence-corrected chi connectivity index (χ0v) is 12.7. The summed E-state index contributed by atoms with van der Waals surface area (Å²) in [5.74, 6) is 0.458. The Morgan fingerprint density at radius 1 is 1.17 bits per heavy atom. The molecule has 0 radical (unpaired) electrons. The first-order chi connectivity index (χ1) is 11.3. The van der Waals surface area contributed by atoms with Crippen LogP contribution in [0, 0.1) is 0 Å². The van der Waals surface area contributed by atoms with Gasteiger partial charge in [0.25, 0.3) is 5.91 Å². The van der Waals surface area contributed by atoms with E-state index < -0.39 is 0 Å². The van der Waals surface area contributed by atoms with Crippen molar-refractivity contribution in [3.05, 3.63) is 60.4 Å². The van der Waals surface area contributed by atoms with Crippen LogP contribution in [0.3, 0.4) is 0 Å². The van der Waals surface area contributed by atoms with Crippen molar-refractivity contribution >= 4 is 16.9 Å². The molecule has 0 saturated carbocycles. The number of carbonyl (C=O) groups excluding carboxylic acids is 1. The fourth-order valence-corrected chi connectivity index (χ4v) is 3.23. The number of aromatic nitrogens is 2. The van der Waals surface area contributed by atoms with Gasteiger partial charge in [0.2, 0.25) is 0 Å². The molecule has 4 rings (SSSR count). The molecule has 116 valence electrons. The standard InChI is InChI=1S/C18H17N3O2/c22-18(15-11-23-17-4-2-1-3-14(15)17)21-9-6-13(7-10-21)16-5-8-19-12-20-16/h1-5,8,11-13H,6-7,9-10H2. The number of fused-ring (bicyclic) bond motifs is 1. The lowest BCUT2D eigenvalue weighted by atomic mass is 9.93. The summed E-state index contributed by atoms with van der Waals surface area (Å²) < 4.78 is 5.49. The third kappa shape index (κ3) is 2.59. The fourth-order valence-electron chi connectivity index (χ4n) is 3.23. The van der Waals surface area contributed by atoms with Crippen LogP contribution in [0.2, 0.25) is 0 Å². The number of piperidine rings is 1. The van der Waals surface area contributed by atoms with Gasteiger partial charge in [-0.2, -0.15) is 0 Å². The highest BCUT2D eigenvalue weighted by atomic mass is 16.3. The van der Waals surface area contributed by atoms with Gasteiger partial charge in [-0.05, 0) is 25.0 Å². The first-order valence-corrected chi connectivity index (χ1v) is 7.84. The Bertz CT molecular complexity index is 820. The molecule has 1 amide bonds. The first-order valence-electron chi connectivity index (χ1n) is 7.84. The van der Waals surface area contributed by atoms with Crippen LogP contribution in [0.4, 0.5) is 0 Å². The summed E-state index contributed by atoms with van der Waals surface area (Å²) in [5.41, 5.74) is 2.48. The molecule has 5 nitrogen and oxygen atoms in total. The third-order valence-electron chi connectivity index (χ3n) is 4.52. The maximum atomic E-state index is 12.8. The lowest BCUT2D eigenvalue weighted by Gasteiger charge is -2.31. The maximum Gasteiger partial charge on any atom is 0.257 e. The lowest BCUT2D eigenvalue weighted by Crippen LogP contribution is -2.38. The highest BCUT2D eigenvalue weighted by Gasteiger charge is 2.26. The smallest absolute Gasteiger partial charge is 0.257 e. The number of rotatable bonds is 2. The van der Waals surface area contributed by atoms with Crippen molar-refractivity contribution in [1.82, 2.24) is 14.9 Å². The SMILES string of the molecule is O=C(c1coc2ccccc12)N1CCC(c2ccncn2)CC1. The summed E-state index contributed by atoms with van der Waals surface area (Å²) in [4.78, 5) is 23.0. The van der Waals surface area contributed by atoms with Gasteiger partial charge in [-0.3, -0.25) is 4.79 Å². The molecule has 3 heterocycles. The Kier molecular flexibility index (Phi) is 3.54. The van der Waals surface area contributed by atoms with E-state index >= 15 is 0 Å². The predicted octanol–water partition coefficient (Wildman–Crippen LogP) is 3.24. The second kappa shape index (κ2) is 5.83. The average Bonchev–Trinajstić information content (AvgIpc) is 3.06. The molecule has 3 aromatic rings. The Balaban J connectivity index is 1.49. The van der Waals surface area contributed by atoms with Crippen LogP contribution in [0.25, 0.3) is 11.0 Å². The van der Waals surface area contributed by atoms with Crippen LogP contribution in [-0.2, 0) is 0 Å². The van der Waals surface area contributed by atoms with Crippen LogP contribution < -0.4 is 0 Å². The number of para-hydroxylation sites is 1. The Morgan fingerprint density at radius 3 is 2.78 bits per heavy atom. The molecule has 1 aliphatic heterocycles. The van der Waals surface area contributed by atoms with E-state index in [4.69, 9.17) is 4.42 Å². The van der Waals surface area contributed by atoms with Gasteiger partial charge in [-0.1, -0.05) is 18.2 Å². The summed E-state index contributed by atoms with van der Waals surface area (Å²) in [6, 6.07) is 9.61. The Labute approximate surface area is 134 Å². The molecule has 23 heavy (non-hydrogen) atoms. The molecule has 0 N–H and O–H groups in total. The van der Waals surface area contributed by atoms with Crippen molar-refractivity contribution in [2.75, 3.05) is 13.1 Å². The summed E-state index contributed by atoms with van der Waals surface area (Å²) in [6.07, 6.45) is 6.79. The number of carbonyl (C=O) groups is 1. The van der Waals surface area contributed by atoms with Gasteiger partial charge in [-0.15, -0.1) is 0 Å². The van der Waals surface area contributed by atoms with Crippen molar-refractivity contribution in [2.24, 2.45) is 0 Å². The normalized spacial score (nSPS) is 15.9. The number of hydrogen-bond donors (Lipinski definition) is 0. The van der Waals surface area contributed by atoms with E-state index in [2.05, 4.69) is 9.97 Å². The van der Waals surface area contributed by atoms with E-state index in [1.165, 1.54) is 0 Å². The molecule has 0 aliphatic carbocycles. The molecule has 5 heteroatoms. The second-order valence-electron chi connectivity index (χ2n) is 5.85. The number of likely N-dealkylation sites (tertiary alicyclic amines) is 1. The van der Waals surface area contributed by atoms with Gasteiger partial charge < -0.3 is 9.32 Å². The number of amides is 1.